The molecule has 8 atom stereocenters. The van der Waals surface area contributed by atoms with Crippen LogP contribution in [0, 0.1) is 52.3 Å². The maximum Gasteiger partial charge on any atom is -0.0170 e. The topological polar surface area (TPSA) is 0 Å². The molecule has 8 unspecified atom stereocenters. The van der Waals surface area contributed by atoms with Crippen LogP contribution in [-0.4, -0.2) is 0 Å². The van der Waals surface area contributed by atoms with Gasteiger partial charge in [-0.2, -0.15) is 0 Å². The van der Waals surface area contributed by atoms with Crippen LogP contribution in [0.3, 0.4) is 0 Å². The lowest BCUT2D eigenvalue weighted by atomic mass is 9.70. The molecule has 0 nitrogen and oxygen atoms in total. The zero-order chi connectivity index (χ0) is 23.4. The van der Waals surface area contributed by atoms with Gasteiger partial charge in [0.15, 0.2) is 0 Å². The highest BCUT2D eigenvalue weighted by Gasteiger charge is 2.91. The van der Waals surface area contributed by atoms with Gasteiger partial charge in [0.1, 0.15) is 0 Å². The Morgan fingerprint density at radius 1 is 0.844 bits per heavy atom. The summed E-state index contributed by atoms with van der Waals surface area (Å²) in [5, 5.41) is 0. The fraction of sp³-hybridized carbons (Fsp3) is 1.00. The predicted octanol–water partition coefficient (Wildman–Crippen LogP) is 10.7. The average molecular weight is 445 g/mol. The minimum atomic E-state index is 0.758. The summed E-state index contributed by atoms with van der Waals surface area (Å²) in [6.45, 7) is 17.4. The molecule has 0 heterocycles. The molecule has 0 radical (unpaired) electrons. The van der Waals surface area contributed by atoms with Gasteiger partial charge in [0.25, 0.3) is 0 Å². The standard InChI is InChI=1S/C32H60/c1-8-12-18-32-29-17-14-13-16-28(19-24(5)6)22-27(15-9-2)21-26(10-3)20-25(7)23-31(32,11-4)30(29)32/h24-30H,8-23H2,1-7H3. The first-order valence-electron chi connectivity index (χ1n) is 15.4. The maximum absolute atomic E-state index is 2.63. The van der Waals surface area contributed by atoms with Crippen LogP contribution in [0.4, 0.5) is 0 Å². The number of rotatable bonds is 9. The summed E-state index contributed by atoms with van der Waals surface area (Å²) in [5.41, 5.74) is 1.56. The monoisotopic (exact) mass is 444 g/mol. The van der Waals surface area contributed by atoms with Gasteiger partial charge in [-0.25, -0.2) is 0 Å². The Morgan fingerprint density at radius 3 is 2.19 bits per heavy atom. The zero-order valence-electron chi connectivity index (χ0n) is 23.4. The lowest BCUT2D eigenvalue weighted by Gasteiger charge is -2.35. The first kappa shape index (κ1) is 26.6. The second-order valence-electron chi connectivity index (χ2n) is 13.5. The van der Waals surface area contributed by atoms with Crippen molar-refractivity contribution in [2.24, 2.45) is 52.3 Å². The van der Waals surface area contributed by atoms with Gasteiger partial charge in [0.2, 0.25) is 0 Å². The van der Waals surface area contributed by atoms with E-state index in [-0.39, 0.29) is 0 Å². The van der Waals surface area contributed by atoms with Crippen molar-refractivity contribution in [1.29, 1.82) is 0 Å². The largest absolute Gasteiger partial charge is 0.0654 e. The molecule has 0 aromatic heterocycles. The SMILES string of the molecule is CCCCC12C3CCCCC(CC(C)C)CC(CCC)CC(CC)CC(C)CC1(CC)C32. The minimum absolute atomic E-state index is 0.758. The zero-order valence-corrected chi connectivity index (χ0v) is 23.4. The first-order valence-corrected chi connectivity index (χ1v) is 15.4. The second-order valence-corrected chi connectivity index (χ2v) is 13.5. The van der Waals surface area contributed by atoms with Crippen molar-refractivity contribution in [3.8, 4) is 0 Å². The molecule has 3 rings (SSSR count). The summed E-state index contributed by atoms with van der Waals surface area (Å²) < 4.78 is 0. The van der Waals surface area contributed by atoms with E-state index in [1.165, 1.54) is 83.5 Å². The second kappa shape index (κ2) is 11.6. The molecule has 0 aromatic rings. The number of hydrogen-bond donors (Lipinski definition) is 0. The summed E-state index contributed by atoms with van der Waals surface area (Å²) in [4.78, 5) is 0. The average Bonchev–Trinajstić information content (AvgIpc) is 3.58. The Labute approximate surface area is 203 Å². The molecule has 188 valence electrons. The number of unbranched alkanes of at least 4 members (excludes halogenated alkanes) is 1. The molecule has 0 amide bonds. The van der Waals surface area contributed by atoms with Crippen LogP contribution in [0.15, 0.2) is 0 Å². The predicted molar refractivity (Wildman–Crippen MR) is 143 cm³/mol. The Morgan fingerprint density at radius 2 is 1.56 bits per heavy atom. The van der Waals surface area contributed by atoms with Crippen molar-refractivity contribution in [3.63, 3.8) is 0 Å². The third kappa shape index (κ3) is 5.46. The van der Waals surface area contributed by atoms with Crippen molar-refractivity contribution in [1.82, 2.24) is 0 Å². The van der Waals surface area contributed by atoms with Crippen LogP contribution >= 0.6 is 0 Å². The summed E-state index contributed by atoms with van der Waals surface area (Å²) in [7, 11) is 0. The van der Waals surface area contributed by atoms with E-state index in [9.17, 15) is 0 Å². The van der Waals surface area contributed by atoms with E-state index in [2.05, 4.69) is 48.5 Å². The van der Waals surface area contributed by atoms with Gasteiger partial charge in [-0.05, 0) is 104 Å². The molecule has 0 N–H and O–H groups in total. The van der Waals surface area contributed by atoms with E-state index in [0.29, 0.717) is 0 Å². The molecule has 0 heteroatoms. The molecule has 0 saturated heterocycles. The quantitative estimate of drug-likeness (QED) is 0.331. The van der Waals surface area contributed by atoms with Crippen molar-refractivity contribution in [3.05, 3.63) is 0 Å². The van der Waals surface area contributed by atoms with E-state index in [0.717, 1.165) is 52.3 Å². The molecule has 0 aliphatic heterocycles. The van der Waals surface area contributed by atoms with E-state index < -0.39 is 0 Å². The Bertz CT molecular complexity index is 548. The summed E-state index contributed by atoms with van der Waals surface area (Å²) in [6, 6.07) is 0. The maximum atomic E-state index is 2.63. The van der Waals surface area contributed by atoms with E-state index in [1.54, 1.807) is 19.3 Å². The van der Waals surface area contributed by atoms with Crippen LogP contribution in [0.1, 0.15) is 151 Å². The number of fused-ring (bicyclic) bond motifs is 2. The van der Waals surface area contributed by atoms with Crippen LogP contribution in [0.25, 0.3) is 0 Å². The highest BCUT2D eigenvalue weighted by molar-refractivity contribution is 5.38. The van der Waals surface area contributed by atoms with Crippen molar-refractivity contribution in [2.45, 2.75) is 151 Å². The fourth-order valence-electron chi connectivity index (χ4n) is 9.58. The summed E-state index contributed by atoms with van der Waals surface area (Å²) in [6.07, 6.45) is 23.9. The van der Waals surface area contributed by atoms with Gasteiger partial charge in [-0.1, -0.05) is 99.8 Å². The fourth-order valence-corrected chi connectivity index (χ4v) is 9.58. The van der Waals surface area contributed by atoms with Crippen LogP contribution in [0.5, 0.6) is 0 Å². The summed E-state index contributed by atoms with van der Waals surface area (Å²) in [5.74, 6) is 6.99. The lowest BCUT2D eigenvalue weighted by molar-refractivity contribution is 0.144. The van der Waals surface area contributed by atoms with Crippen molar-refractivity contribution in [2.75, 3.05) is 0 Å². The van der Waals surface area contributed by atoms with E-state index >= 15 is 0 Å². The molecule has 0 spiro atoms. The van der Waals surface area contributed by atoms with E-state index in [4.69, 9.17) is 0 Å². The lowest BCUT2D eigenvalue weighted by Crippen LogP contribution is -2.26. The first-order chi connectivity index (χ1) is 15.4. The molecule has 3 aliphatic carbocycles. The van der Waals surface area contributed by atoms with Gasteiger partial charge >= 0.3 is 0 Å². The molecule has 3 aliphatic rings. The Kier molecular flexibility index (Phi) is 9.66. The van der Waals surface area contributed by atoms with Crippen LogP contribution < -0.4 is 0 Å². The van der Waals surface area contributed by atoms with Gasteiger partial charge in [0, 0.05) is 0 Å². The highest BCUT2D eigenvalue weighted by Crippen LogP contribution is 2.96. The Hall–Kier alpha value is 0. The van der Waals surface area contributed by atoms with Gasteiger partial charge in [-0.15, -0.1) is 0 Å². The third-order valence-electron chi connectivity index (χ3n) is 10.8. The highest BCUT2D eigenvalue weighted by atomic mass is 14.9. The molecular weight excluding hydrogens is 384 g/mol. The Balaban J connectivity index is 1.74. The van der Waals surface area contributed by atoms with Crippen molar-refractivity contribution < 1.29 is 0 Å². The molecule has 0 aromatic carbocycles. The molecular formula is C32H60. The molecule has 0 bridgehead atoms. The van der Waals surface area contributed by atoms with Crippen LogP contribution in [0.2, 0.25) is 0 Å². The van der Waals surface area contributed by atoms with E-state index in [1.807, 2.05) is 0 Å². The summed E-state index contributed by atoms with van der Waals surface area (Å²) >= 11 is 0. The normalized spacial score (nSPS) is 42.8. The minimum Gasteiger partial charge on any atom is -0.0654 e. The van der Waals surface area contributed by atoms with Crippen LogP contribution in [-0.2, 0) is 0 Å². The third-order valence-corrected chi connectivity index (χ3v) is 10.8. The van der Waals surface area contributed by atoms with Gasteiger partial charge < -0.3 is 0 Å². The smallest absolute Gasteiger partial charge is 0.0170 e. The van der Waals surface area contributed by atoms with Crippen molar-refractivity contribution >= 4 is 0 Å². The molecule has 3 fully saturated rings. The molecule has 3 saturated carbocycles. The van der Waals surface area contributed by atoms with Gasteiger partial charge in [0.05, 0.1) is 0 Å². The number of hydrogen-bond acceptors (Lipinski definition) is 0. The molecule has 32 heavy (non-hydrogen) atoms. The van der Waals surface area contributed by atoms with Gasteiger partial charge in [-0.3, -0.25) is 0 Å².